The predicted molar refractivity (Wildman–Crippen MR) is 91.3 cm³/mol. The molecule has 2 heterocycles. The molecule has 8 heteroatoms. The fourth-order valence-corrected chi connectivity index (χ4v) is 3.13. The summed E-state index contributed by atoms with van der Waals surface area (Å²) in [5, 5.41) is 2.77. The molecule has 5 nitrogen and oxygen atoms in total. The van der Waals surface area contributed by atoms with Gasteiger partial charge in [-0.2, -0.15) is 13.2 Å². The molecular weight excluding hydrogens is 359 g/mol. The second kappa shape index (κ2) is 7.77. The maximum atomic E-state index is 13.1. The van der Waals surface area contributed by atoms with Crippen molar-refractivity contribution in [2.75, 3.05) is 6.54 Å². The zero-order valence-corrected chi connectivity index (χ0v) is 14.4. The van der Waals surface area contributed by atoms with Gasteiger partial charge in [-0.25, -0.2) is 0 Å². The van der Waals surface area contributed by atoms with Crippen LogP contribution in [0.25, 0.3) is 0 Å². The molecule has 27 heavy (non-hydrogen) atoms. The van der Waals surface area contributed by atoms with Crippen molar-refractivity contribution in [1.82, 2.24) is 15.2 Å². The Kier molecular flexibility index (Phi) is 5.43. The van der Waals surface area contributed by atoms with E-state index in [9.17, 15) is 22.8 Å². The van der Waals surface area contributed by atoms with E-state index in [1.807, 2.05) is 0 Å². The molecule has 0 unspecified atom stereocenters. The van der Waals surface area contributed by atoms with Crippen LogP contribution in [-0.4, -0.2) is 34.3 Å². The standard InChI is InChI=1S/C19H18F3N3O2/c20-19(21,22)16-6-2-1-5-14(16)11-25-12-15(9-18(25)27)24-17(26)8-13-4-3-7-23-10-13/h1-7,10,15H,8-9,11-12H2,(H,24,26)/t15-/m0/s1. The Labute approximate surface area is 154 Å². The lowest BCUT2D eigenvalue weighted by molar-refractivity contribution is -0.139. The van der Waals surface area contributed by atoms with Gasteiger partial charge in [0.05, 0.1) is 18.0 Å². The Morgan fingerprint density at radius 2 is 2.00 bits per heavy atom. The van der Waals surface area contributed by atoms with Crippen molar-refractivity contribution in [1.29, 1.82) is 0 Å². The topological polar surface area (TPSA) is 62.3 Å². The third-order valence-corrected chi connectivity index (χ3v) is 4.35. The van der Waals surface area contributed by atoms with E-state index >= 15 is 0 Å². The first kappa shape index (κ1) is 18.9. The van der Waals surface area contributed by atoms with Gasteiger partial charge in [0.2, 0.25) is 11.8 Å². The van der Waals surface area contributed by atoms with Crippen LogP contribution in [-0.2, 0) is 28.7 Å². The number of carbonyl (C=O) groups is 2. The van der Waals surface area contributed by atoms with Crippen LogP contribution in [0.4, 0.5) is 13.2 Å². The Hall–Kier alpha value is -2.90. The Balaban J connectivity index is 1.61. The van der Waals surface area contributed by atoms with Crippen molar-refractivity contribution in [3.63, 3.8) is 0 Å². The maximum Gasteiger partial charge on any atom is 0.416 e. The number of halogens is 3. The second-order valence-corrected chi connectivity index (χ2v) is 6.44. The number of hydrogen-bond acceptors (Lipinski definition) is 3. The molecular formula is C19H18F3N3O2. The minimum Gasteiger partial charge on any atom is -0.351 e. The summed E-state index contributed by atoms with van der Waals surface area (Å²) in [5.74, 6) is -0.531. The summed E-state index contributed by atoms with van der Waals surface area (Å²) < 4.78 is 39.3. The van der Waals surface area contributed by atoms with E-state index in [1.54, 1.807) is 24.5 Å². The van der Waals surface area contributed by atoms with Crippen molar-refractivity contribution >= 4 is 11.8 Å². The highest BCUT2D eigenvalue weighted by atomic mass is 19.4. The number of carbonyl (C=O) groups excluding carboxylic acids is 2. The van der Waals surface area contributed by atoms with Crippen molar-refractivity contribution in [2.24, 2.45) is 0 Å². The van der Waals surface area contributed by atoms with E-state index in [0.29, 0.717) is 0 Å². The predicted octanol–water partition coefficient (Wildman–Crippen LogP) is 2.56. The first-order chi connectivity index (χ1) is 12.8. The molecule has 1 saturated heterocycles. The molecule has 3 rings (SSSR count). The monoisotopic (exact) mass is 377 g/mol. The Morgan fingerprint density at radius 1 is 1.22 bits per heavy atom. The summed E-state index contributed by atoms with van der Waals surface area (Å²) in [6.07, 6.45) is -1.08. The van der Waals surface area contributed by atoms with Crippen LogP contribution in [0, 0.1) is 0 Å². The Morgan fingerprint density at radius 3 is 2.70 bits per heavy atom. The van der Waals surface area contributed by atoms with Gasteiger partial charge in [0.1, 0.15) is 0 Å². The van der Waals surface area contributed by atoms with E-state index in [-0.39, 0.29) is 43.3 Å². The number of benzene rings is 1. The molecule has 0 saturated carbocycles. The molecule has 2 amide bonds. The van der Waals surface area contributed by atoms with Gasteiger partial charge in [-0.15, -0.1) is 0 Å². The van der Waals surface area contributed by atoms with Gasteiger partial charge >= 0.3 is 6.18 Å². The first-order valence-electron chi connectivity index (χ1n) is 8.44. The van der Waals surface area contributed by atoms with Gasteiger partial charge in [-0.05, 0) is 23.3 Å². The van der Waals surface area contributed by atoms with Crippen molar-refractivity contribution in [2.45, 2.75) is 31.6 Å². The first-order valence-corrected chi connectivity index (χ1v) is 8.44. The minimum atomic E-state index is -4.48. The highest BCUT2D eigenvalue weighted by Gasteiger charge is 2.35. The summed E-state index contributed by atoms with van der Waals surface area (Å²) >= 11 is 0. The number of aromatic nitrogens is 1. The SMILES string of the molecule is O=C(Cc1cccnc1)N[C@H]1CC(=O)N(Cc2ccccc2C(F)(F)F)C1. The van der Waals surface area contributed by atoms with Crippen LogP contribution < -0.4 is 5.32 Å². The summed E-state index contributed by atoms with van der Waals surface area (Å²) in [4.78, 5) is 29.6. The fourth-order valence-electron chi connectivity index (χ4n) is 3.13. The average molecular weight is 377 g/mol. The summed E-state index contributed by atoms with van der Waals surface area (Å²) in [5.41, 5.74) is 0.0397. The number of amides is 2. The van der Waals surface area contributed by atoms with Crippen LogP contribution in [0.1, 0.15) is 23.1 Å². The molecule has 142 valence electrons. The lowest BCUT2D eigenvalue weighted by Gasteiger charge is -2.20. The van der Waals surface area contributed by atoms with Gasteiger partial charge < -0.3 is 10.2 Å². The fraction of sp³-hybridized carbons (Fsp3) is 0.316. The molecule has 2 aromatic rings. The van der Waals surface area contributed by atoms with E-state index in [2.05, 4.69) is 10.3 Å². The third-order valence-electron chi connectivity index (χ3n) is 4.35. The highest BCUT2D eigenvalue weighted by molar-refractivity contribution is 5.83. The summed E-state index contributed by atoms with van der Waals surface area (Å²) in [6.45, 7) is 0.0489. The number of rotatable bonds is 5. The van der Waals surface area contributed by atoms with E-state index in [0.717, 1.165) is 11.6 Å². The van der Waals surface area contributed by atoms with Gasteiger partial charge in [0, 0.05) is 31.9 Å². The molecule has 1 fully saturated rings. The van der Waals surface area contributed by atoms with Gasteiger partial charge in [-0.1, -0.05) is 24.3 Å². The molecule has 1 N–H and O–H groups in total. The average Bonchev–Trinajstić information content (AvgIpc) is 2.94. The molecule has 1 atom stereocenters. The summed E-state index contributed by atoms with van der Waals surface area (Å²) in [7, 11) is 0. The maximum absolute atomic E-state index is 13.1. The molecule has 0 radical (unpaired) electrons. The lowest BCUT2D eigenvalue weighted by Crippen LogP contribution is -2.38. The van der Waals surface area contributed by atoms with Crippen molar-refractivity contribution < 1.29 is 22.8 Å². The Bertz CT molecular complexity index is 824. The van der Waals surface area contributed by atoms with Crippen LogP contribution in [0.3, 0.4) is 0 Å². The number of nitrogens with zero attached hydrogens (tertiary/aromatic N) is 2. The van der Waals surface area contributed by atoms with Crippen LogP contribution in [0.15, 0.2) is 48.8 Å². The normalized spacial score (nSPS) is 17.2. The third kappa shape index (κ3) is 4.84. The molecule has 0 bridgehead atoms. The van der Waals surface area contributed by atoms with Crippen molar-refractivity contribution in [3.8, 4) is 0 Å². The van der Waals surface area contributed by atoms with Crippen molar-refractivity contribution in [3.05, 3.63) is 65.5 Å². The second-order valence-electron chi connectivity index (χ2n) is 6.44. The van der Waals surface area contributed by atoms with Gasteiger partial charge in [0.25, 0.3) is 0 Å². The van der Waals surface area contributed by atoms with Crippen LogP contribution in [0.2, 0.25) is 0 Å². The van der Waals surface area contributed by atoms with E-state index in [4.69, 9.17) is 0 Å². The van der Waals surface area contributed by atoms with E-state index < -0.39 is 17.8 Å². The van der Waals surface area contributed by atoms with Crippen LogP contribution in [0.5, 0.6) is 0 Å². The highest BCUT2D eigenvalue weighted by Crippen LogP contribution is 2.32. The van der Waals surface area contributed by atoms with E-state index in [1.165, 1.54) is 23.1 Å². The number of alkyl halides is 3. The molecule has 1 aromatic heterocycles. The number of likely N-dealkylation sites (tertiary alicyclic amines) is 1. The minimum absolute atomic E-state index is 0.0423. The van der Waals surface area contributed by atoms with Crippen LogP contribution >= 0.6 is 0 Å². The number of nitrogens with one attached hydrogen (secondary N) is 1. The lowest BCUT2D eigenvalue weighted by atomic mass is 10.1. The molecule has 1 aliphatic heterocycles. The summed E-state index contributed by atoms with van der Waals surface area (Å²) in [6, 6.07) is 8.28. The smallest absolute Gasteiger partial charge is 0.351 e. The zero-order chi connectivity index (χ0) is 19.4. The number of pyridine rings is 1. The zero-order valence-electron chi connectivity index (χ0n) is 14.4. The molecule has 0 spiro atoms. The van der Waals surface area contributed by atoms with Gasteiger partial charge in [0.15, 0.2) is 0 Å². The molecule has 1 aliphatic rings. The number of hydrogen-bond donors (Lipinski definition) is 1. The largest absolute Gasteiger partial charge is 0.416 e. The quantitative estimate of drug-likeness (QED) is 0.871. The van der Waals surface area contributed by atoms with Gasteiger partial charge in [-0.3, -0.25) is 14.6 Å². The molecule has 1 aromatic carbocycles. The molecule has 0 aliphatic carbocycles.